The third kappa shape index (κ3) is 4.67. The van der Waals surface area contributed by atoms with Crippen molar-refractivity contribution in [2.75, 3.05) is 41.4 Å². The van der Waals surface area contributed by atoms with E-state index in [1.165, 1.54) is 11.8 Å². The fourth-order valence-corrected chi connectivity index (χ4v) is 4.71. The summed E-state index contributed by atoms with van der Waals surface area (Å²) in [5.41, 5.74) is 3.77. The van der Waals surface area contributed by atoms with Gasteiger partial charge in [0, 0.05) is 29.9 Å². The molecule has 9 heteroatoms. The van der Waals surface area contributed by atoms with Crippen LogP contribution in [-0.2, 0) is 9.53 Å². The summed E-state index contributed by atoms with van der Waals surface area (Å²) in [6.45, 7) is 2.84. The van der Waals surface area contributed by atoms with Crippen LogP contribution < -0.4 is 20.9 Å². The molecular weight excluding hydrogens is 428 g/mol. The van der Waals surface area contributed by atoms with Crippen LogP contribution in [0.4, 0.5) is 21.9 Å². The monoisotopic (exact) mass is 454 g/mol. The summed E-state index contributed by atoms with van der Waals surface area (Å²) in [5.74, 6) is 0.235. The summed E-state index contributed by atoms with van der Waals surface area (Å²) in [4.78, 5) is 39.2. The van der Waals surface area contributed by atoms with Crippen LogP contribution in [0.3, 0.4) is 0 Å². The van der Waals surface area contributed by atoms with Gasteiger partial charge in [0.1, 0.15) is 6.10 Å². The van der Waals surface area contributed by atoms with Gasteiger partial charge < -0.3 is 20.7 Å². The van der Waals surface area contributed by atoms with E-state index in [0.717, 1.165) is 21.8 Å². The lowest BCUT2D eigenvalue weighted by Gasteiger charge is -2.20. The summed E-state index contributed by atoms with van der Waals surface area (Å²) >= 11 is 1.48. The summed E-state index contributed by atoms with van der Waals surface area (Å²) in [7, 11) is 1.79. The molecular formula is C23H26N4O4S. The van der Waals surface area contributed by atoms with Crippen molar-refractivity contribution >= 4 is 46.7 Å². The minimum atomic E-state index is -0.396. The molecule has 1 saturated heterocycles. The number of carbonyl (C=O) groups excluding carboxylic acids is 3. The lowest BCUT2D eigenvalue weighted by atomic mass is 10.1. The molecule has 2 aromatic carbocycles. The maximum absolute atomic E-state index is 12.6. The second-order valence-electron chi connectivity index (χ2n) is 7.78. The quantitative estimate of drug-likeness (QED) is 0.553. The number of rotatable bonds is 7. The van der Waals surface area contributed by atoms with Crippen LogP contribution in [0.15, 0.2) is 41.3 Å². The number of fused-ring (bicyclic) bond motifs is 1. The average Bonchev–Trinajstić information content (AvgIpc) is 3.16. The predicted molar refractivity (Wildman–Crippen MR) is 126 cm³/mol. The summed E-state index contributed by atoms with van der Waals surface area (Å²) in [6.07, 6.45) is 0.695. The zero-order valence-electron chi connectivity index (χ0n) is 18.1. The van der Waals surface area contributed by atoms with E-state index in [4.69, 9.17) is 4.74 Å². The molecule has 0 spiro atoms. The molecule has 0 saturated carbocycles. The third-order valence-electron chi connectivity index (χ3n) is 5.54. The van der Waals surface area contributed by atoms with Crippen LogP contribution >= 0.6 is 11.8 Å². The van der Waals surface area contributed by atoms with E-state index in [1.54, 1.807) is 11.9 Å². The number of thioether (sulfide) groups is 1. The smallest absolute Gasteiger partial charge is 0.414 e. The van der Waals surface area contributed by atoms with Gasteiger partial charge in [0.15, 0.2) is 0 Å². The Bertz CT molecular complexity index is 1060. The molecule has 8 nitrogen and oxygen atoms in total. The second kappa shape index (κ2) is 9.52. The van der Waals surface area contributed by atoms with Crippen LogP contribution in [0.1, 0.15) is 28.8 Å². The topological polar surface area (TPSA) is 99.8 Å². The third-order valence-corrected chi connectivity index (χ3v) is 6.61. The van der Waals surface area contributed by atoms with Crippen molar-refractivity contribution < 1.29 is 19.1 Å². The number of nitrogens with one attached hydrogen (secondary N) is 3. The molecule has 3 N–H and O–H groups in total. The first-order valence-electron chi connectivity index (χ1n) is 10.6. The van der Waals surface area contributed by atoms with Crippen LogP contribution in [0.5, 0.6) is 0 Å². The Morgan fingerprint density at radius 1 is 1.28 bits per heavy atom. The van der Waals surface area contributed by atoms with Gasteiger partial charge in [-0.3, -0.25) is 14.5 Å². The first-order valence-corrected chi connectivity index (χ1v) is 11.5. The largest absolute Gasteiger partial charge is 0.444 e. The summed E-state index contributed by atoms with van der Waals surface area (Å²) in [6, 6.07) is 11.3. The molecule has 0 aromatic heterocycles. The van der Waals surface area contributed by atoms with Gasteiger partial charge in [-0.15, -0.1) is 11.8 Å². The molecule has 32 heavy (non-hydrogen) atoms. The van der Waals surface area contributed by atoms with E-state index >= 15 is 0 Å². The number of hydrogen-bond acceptors (Lipinski definition) is 6. The number of anilines is 3. The highest BCUT2D eigenvalue weighted by Gasteiger charge is 2.32. The molecule has 168 valence electrons. The zero-order valence-corrected chi connectivity index (χ0v) is 18.9. The standard InChI is InChI=1S/C23H26N4O4S/c1-14-5-3-7-17(24-2)21(14)22(29)25-10-4-6-16-12-27(23(30)31-16)15-8-9-19-18(11-15)26-20(28)13-32-19/h3,5,7-9,11,16,24H,4,6,10,12-13H2,1-2H3,(H,25,29)(H,26,28)/t16-/m0/s1. The first-order chi connectivity index (χ1) is 15.5. The Morgan fingerprint density at radius 3 is 2.94 bits per heavy atom. The number of aryl methyl sites for hydroxylation is 1. The van der Waals surface area contributed by atoms with Gasteiger partial charge in [-0.05, 0) is 49.6 Å². The molecule has 0 bridgehead atoms. The number of carbonyl (C=O) groups is 3. The molecule has 2 aliphatic rings. The van der Waals surface area contributed by atoms with Crippen molar-refractivity contribution in [1.82, 2.24) is 5.32 Å². The maximum atomic E-state index is 12.6. The SMILES string of the molecule is CNc1cccc(C)c1C(=O)NCCC[C@H]1CN(c2ccc3c(c2)NC(=O)CS3)C(=O)O1. The van der Waals surface area contributed by atoms with Crippen molar-refractivity contribution in [2.45, 2.75) is 30.8 Å². The van der Waals surface area contributed by atoms with Gasteiger partial charge in [-0.2, -0.15) is 0 Å². The van der Waals surface area contributed by atoms with Crippen molar-refractivity contribution in [3.8, 4) is 0 Å². The average molecular weight is 455 g/mol. The van der Waals surface area contributed by atoms with Crippen LogP contribution in [-0.4, -0.2) is 49.9 Å². The minimum absolute atomic E-state index is 0.0453. The molecule has 3 amide bonds. The molecule has 0 aliphatic carbocycles. The van der Waals surface area contributed by atoms with E-state index < -0.39 is 6.09 Å². The van der Waals surface area contributed by atoms with E-state index in [1.807, 2.05) is 43.3 Å². The second-order valence-corrected chi connectivity index (χ2v) is 8.80. The zero-order chi connectivity index (χ0) is 22.7. The van der Waals surface area contributed by atoms with Crippen LogP contribution in [0.2, 0.25) is 0 Å². The Morgan fingerprint density at radius 2 is 2.12 bits per heavy atom. The van der Waals surface area contributed by atoms with E-state index in [9.17, 15) is 14.4 Å². The van der Waals surface area contributed by atoms with E-state index in [2.05, 4.69) is 16.0 Å². The van der Waals surface area contributed by atoms with Gasteiger partial charge in [0.05, 0.1) is 23.5 Å². The molecule has 4 rings (SSSR count). The number of benzene rings is 2. The fourth-order valence-electron chi connectivity index (χ4n) is 3.92. The van der Waals surface area contributed by atoms with Crippen molar-refractivity contribution in [3.63, 3.8) is 0 Å². The van der Waals surface area contributed by atoms with Gasteiger partial charge in [-0.1, -0.05) is 12.1 Å². The Balaban J connectivity index is 1.29. The van der Waals surface area contributed by atoms with Crippen molar-refractivity contribution in [1.29, 1.82) is 0 Å². The number of hydrogen-bond donors (Lipinski definition) is 3. The molecule has 2 aromatic rings. The van der Waals surface area contributed by atoms with Crippen molar-refractivity contribution in [3.05, 3.63) is 47.5 Å². The molecule has 1 atom stereocenters. The highest BCUT2D eigenvalue weighted by molar-refractivity contribution is 8.00. The highest BCUT2D eigenvalue weighted by atomic mass is 32.2. The van der Waals surface area contributed by atoms with Gasteiger partial charge in [-0.25, -0.2) is 4.79 Å². The highest BCUT2D eigenvalue weighted by Crippen LogP contribution is 2.35. The summed E-state index contributed by atoms with van der Waals surface area (Å²) < 4.78 is 5.51. The maximum Gasteiger partial charge on any atom is 0.414 e. The molecule has 1 fully saturated rings. The fraction of sp³-hybridized carbons (Fsp3) is 0.348. The summed E-state index contributed by atoms with van der Waals surface area (Å²) in [5, 5.41) is 8.85. The molecule has 0 unspecified atom stereocenters. The normalized spacial score (nSPS) is 17.4. The van der Waals surface area contributed by atoms with Crippen LogP contribution in [0, 0.1) is 6.92 Å². The minimum Gasteiger partial charge on any atom is -0.444 e. The van der Waals surface area contributed by atoms with Gasteiger partial charge >= 0.3 is 6.09 Å². The molecule has 0 radical (unpaired) electrons. The Kier molecular flexibility index (Phi) is 6.55. The van der Waals surface area contributed by atoms with E-state index in [-0.39, 0.29) is 17.9 Å². The number of ether oxygens (including phenoxy) is 1. The van der Waals surface area contributed by atoms with E-state index in [0.29, 0.717) is 42.9 Å². The molecule has 2 heterocycles. The lowest BCUT2D eigenvalue weighted by molar-refractivity contribution is -0.113. The number of amides is 3. The van der Waals surface area contributed by atoms with Gasteiger partial charge in [0.25, 0.3) is 5.91 Å². The number of nitrogens with zero attached hydrogens (tertiary/aromatic N) is 1. The predicted octanol–water partition coefficient (Wildman–Crippen LogP) is 3.62. The Labute approximate surface area is 191 Å². The molecule has 2 aliphatic heterocycles. The Hall–Kier alpha value is -3.20. The van der Waals surface area contributed by atoms with Crippen molar-refractivity contribution in [2.24, 2.45) is 0 Å². The first kappa shape index (κ1) is 22.0. The van der Waals surface area contributed by atoms with Crippen LogP contribution in [0.25, 0.3) is 0 Å². The van der Waals surface area contributed by atoms with Gasteiger partial charge in [0.2, 0.25) is 5.91 Å². The number of cyclic esters (lactones) is 1. The lowest BCUT2D eigenvalue weighted by Crippen LogP contribution is -2.27.